The number of ether oxygens (including phenoxy) is 2. The van der Waals surface area contributed by atoms with Crippen molar-refractivity contribution in [3.8, 4) is 0 Å². The van der Waals surface area contributed by atoms with E-state index in [2.05, 4.69) is 26.5 Å². The van der Waals surface area contributed by atoms with E-state index in [1.165, 1.54) is 16.9 Å². The van der Waals surface area contributed by atoms with E-state index >= 15 is 0 Å². The van der Waals surface area contributed by atoms with Crippen LogP contribution in [0.15, 0.2) is 51.6 Å². The molecular formula is C32H45NO5. The molecule has 4 heterocycles. The van der Waals surface area contributed by atoms with Gasteiger partial charge in [0.25, 0.3) is 0 Å². The van der Waals surface area contributed by atoms with Gasteiger partial charge in [0, 0.05) is 29.2 Å². The standard InChI is InChI=1S/C32H45NO5/c1-18-16-25-21(4)24(28-17-20(3)31(36)38-28)11-13-32(25)12-6-14-33-29(32)10-9-27(35)22(5)30-19(2)15-23(37-30)7-8-26(18)34/h16-17,19,23,25-28,30,34-35H,5-15H2,1-4H3/t19-,23-,25+,26+,27+,28+,30-,32+/m1/s1. The first-order chi connectivity index (χ1) is 18.1. The maximum absolute atomic E-state index is 12.2. The Morgan fingerprint density at radius 1 is 1.05 bits per heavy atom. The zero-order chi connectivity index (χ0) is 27.2. The van der Waals surface area contributed by atoms with Gasteiger partial charge < -0.3 is 19.7 Å². The van der Waals surface area contributed by atoms with E-state index in [-0.39, 0.29) is 35.6 Å². The summed E-state index contributed by atoms with van der Waals surface area (Å²) in [7, 11) is 0. The van der Waals surface area contributed by atoms with Gasteiger partial charge in [0.15, 0.2) is 0 Å². The molecule has 0 unspecified atom stereocenters. The number of carbonyl (C=O) groups is 1. The summed E-state index contributed by atoms with van der Waals surface area (Å²) in [5, 5.41) is 22.4. The number of allylic oxidation sites excluding steroid dienone is 2. The van der Waals surface area contributed by atoms with Crippen molar-refractivity contribution in [3.63, 3.8) is 0 Å². The largest absolute Gasteiger partial charge is 0.450 e. The molecule has 1 spiro atoms. The summed E-state index contributed by atoms with van der Waals surface area (Å²) in [6.45, 7) is 13.3. The fraction of sp³-hybridized carbons (Fsp3) is 0.688. The van der Waals surface area contributed by atoms with E-state index < -0.39 is 12.2 Å². The number of cyclic esters (lactones) is 1. The van der Waals surface area contributed by atoms with E-state index in [9.17, 15) is 15.0 Å². The molecular weight excluding hydrogens is 478 g/mol. The first kappa shape index (κ1) is 27.5. The molecule has 1 saturated heterocycles. The van der Waals surface area contributed by atoms with Crippen LogP contribution in [0.5, 0.6) is 0 Å². The second-order valence-electron chi connectivity index (χ2n) is 12.5. The molecule has 1 aliphatic carbocycles. The minimum atomic E-state index is -0.629. The zero-order valence-electron chi connectivity index (χ0n) is 23.5. The summed E-state index contributed by atoms with van der Waals surface area (Å²) in [6, 6.07) is 0. The van der Waals surface area contributed by atoms with Gasteiger partial charge in [-0.05, 0) is 107 Å². The Kier molecular flexibility index (Phi) is 7.87. The molecule has 4 aliphatic heterocycles. The van der Waals surface area contributed by atoms with Gasteiger partial charge >= 0.3 is 5.97 Å². The van der Waals surface area contributed by atoms with Crippen molar-refractivity contribution in [1.29, 1.82) is 0 Å². The zero-order valence-corrected chi connectivity index (χ0v) is 23.5. The monoisotopic (exact) mass is 523 g/mol. The van der Waals surface area contributed by atoms with Crippen LogP contribution < -0.4 is 0 Å². The Bertz CT molecular complexity index is 1100. The van der Waals surface area contributed by atoms with Crippen molar-refractivity contribution in [3.05, 3.63) is 46.6 Å². The lowest BCUT2D eigenvalue weighted by Gasteiger charge is -2.48. The minimum absolute atomic E-state index is 0.0613. The molecule has 0 aromatic carbocycles. The number of carbonyl (C=O) groups excluding carboxylic acids is 1. The molecule has 0 radical (unpaired) electrons. The highest BCUT2D eigenvalue weighted by molar-refractivity contribution is 5.93. The molecule has 0 aromatic rings. The summed E-state index contributed by atoms with van der Waals surface area (Å²) in [5.74, 6) is 0.129. The quantitative estimate of drug-likeness (QED) is 0.355. The predicted octanol–water partition coefficient (Wildman–Crippen LogP) is 5.40. The van der Waals surface area contributed by atoms with E-state index in [0.29, 0.717) is 24.3 Å². The summed E-state index contributed by atoms with van der Waals surface area (Å²) in [6.07, 6.45) is 10.2. The molecule has 0 amide bonds. The van der Waals surface area contributed by atoms with Gasteiger partial charge in [0.1, 0.15) is 6.10 Å². The third-order valence-corrected chi connectivity index (χ3v) is 10.0. The average Bonchev–Trinajstić information content (AvgIpc) is 3.43. The van der Waals surface area contributed by atoms with Crippen LogP contribution in [0.1, 0.15) is 85.5 Å². The van der Waals surface area contributed by atoms with E-state index in [0.717, 1.165) is 62.6 Å². The van der Waals surface area contributed by atoms with E-state index in [1.54, 1.807) is 0 Å². The Hall–Kier alpha value is -2.02. The molecule has 0 aromatic heterocycles. The average molecular weight is 524 g/mol. The Labute approximate surface area is 227 Å². The van der Waals surface area contributed by atoms with Gasteiger partial charge in [0.2, 0.25) is 0 Å². The minimum Gasteiger partial charge on any atom is -0.450 e. The van der Waals surface area contributed by atoms with Crippen LogP contribution in [0.3, 0.4) is 0 Å². The highest BCUT2D eigenvalue weighted by atomic mass is 16.5. The van der Waals surface area contributed by atoms with Crippen molar-refractivity contribution < 1.29 is 24.5 Å². The van der Waals surface area contributed by atoms with Crippen LogP contribution in [-0.4, -0.2) is 59.0 Å². The van der Waals surface area contributed by atoms with Crippen molar-refractivity contribution >= 4 is 11.7 Å². The Morgan fingerprint density at radius 2 is 1.84 bits per heavy atom. The first-order valence-corrected chi connectivity index (χ1v) is 14.6. The van der Waals surface area contributed by atoms with Gasteiger partial charge in [-0.1, -0.05) is 25.2 Å². The van der Waals surface area contributed by atoms with E-state index in [1.807, 2.05) is 19.9 Å². The van der Waals surface area contributed by atoms with Crippen LogP contribution in [-0.2, 0) is 14.3 Å². The molecule has 38 heavy (non-hydrogen) atoms. The molecule has 2 bridgehead atoms. The van der Waals surface area contributed by atoms with Gasteiger partial charge in [0.05, 0.1) is 24.4 Å². The van der Waals surface area contributed by atoms with Crippen LogP contribution >= 0.6 is 0 Å². The lowest BCUT2D eigenvalue weighted by Crippen LogP contribution is -2.45. The molecule has 5 rings (SSSR count). The summed E-state index contributed by atoms with van der Waals surface area (Å²) in [5.41, 5.74) is 5.86. The highest BCUT2D eigenvalue weighted by Gasteiger charge is 2.48. The van der Waals surface area contributed by atoms with Crippen molar-refractivity contribution in [2.75, 3.05) is 6.54 Å². The van der Waals surface area contributed by atoms with Crippen molar-refractivity contribution in [1.82, 2.24) is 0 Å². The first-order valence-electron chi connectivity index (χ1n) is 14.6. The maximum Gasteiger partial charge on any atom is 0.334 e. The molecule has 1 fully saturated rings. The smallest absolute Gasteiger partial charge is 0.334 e. The number of fused-ring (bicyclic) bond motifs is 2. The molecule has 2 N–H and O–H groups in total. The third kappa shape index (κ3) is 5.00. The van der Waals surface area contributed by atoms with Crippen molar-refractivity contribution in [2.24, 2.45) is 22.2 Å². The van der Waals surface area contributed by atoms with Crippen LogP contribution in [0.4, 0.5) is 0 Å². The van der Waals surface area contributed by atoms with E-state index in [4.69, 9.17) is 14.5 Å². The maximum atomic E-state index is 12.2. The lowest BCUT2D eigenvalue weighted by molar-refractivity contribution is -0.138. The van der Waals surface area contributed by atoms with Gasteiger partial charge in [-0.15, -0.1) is 0 Å². The Morgan fingerprint density at radius 3 is 2.58 bits per heavy atom. The topological polar surface area (TPSA) is 88.4 Å². The predicted molar refractivity (Wildman–Crippen MR) is 149 cm³/mol. The molecule has 8 atom stereocenters. The SMILES string of the molecule is C=C1[C@@H](O)CCC2=NCCC[C@@]23CCC([C@@H]2C=C(C)C(=O)O2)=C(C)[C@@H]3C=C(C)[C@@H](O)CC[C@@H]2C[C@@H](C)[C@H]1O2. The van der Waals surface area contributed by atoms with Crippen LogP contribution in [0.25, 0.3) is 0 Å². The molecule has 5 aliphatic rings. The van der Waals surface area contributed by atoms with Crippen LogP contribution in [0.2, 0.25) is 0 Å². The molecule has 208 valence electrons. The summed E-state index contributed by atoms with van der Waals surface area (Å²) in [4.78, 5) is 17.3. The fourth-order valence-electron chi connectivity index (χ4n) is 7.70. The normalized spacial score (nSPS) is 40.8. The second-order valence-corrected chi connectivity index (χ2v) is 12.5. The molecule has 0 saturated carbocycles. The van der Waals surface area contributed by atoms with Gasteiger partial charge in [-0.25, -0.2) is 4.79 Å². The van der Waals surface area contributed by atoms with Crippen molar-refractivity contribution in [2.45, 2.75) is 116 Å². The second kappa shape index (κ2) is 10.9. The number of hydrogen-bond donors (Lipinski definition) is 2. The lowest BCUT2D eigenvalue weighted by atomic mass is 9.57. The molecule has 6 nitrogen and oxygen atoms in total. The summed E-state index contributed by atoms with van der Waals surface area (Å²) >= 11 is 0. The third-order valence-electron chi connectivity index (χ3n) is 10.0. The number of aliphatic hydroxyl groups excluding tert-OH is 2. The van der Waals surface area contributed by atoms with Gasteiger partial charge in [-0.3, -0.25) is 4.99 Å². The van der Waals surface area contributed by atoms with Gasteiger partial charge in [-0.2, -0.15) is 0 Å². The number of hydrogen-bond acceptors (Lipinski definition) is 6. The van der Waals surface area contributed by atoms with Crippen LogP contribution in [0, 0.1) is 17.3 Å². The molecule has 6 heteroatoms. The number of esters is 1. The highest BCUT2D eigenvalue weighted by Crippen LogP contribution is 2.53. The number of aliphatic hydroxyl groups is 2. The number of aliphatic imine (C=N–C) groups is 1. The Balaban J connectivity index is 1.55. The fourth-order valence-corrected chi connectivity index (χ4v) is 7.70. The number of rotatable bonds is 1. The number of nitrogens with zero attached hydrogens (tertiary/aromatic N) is 1. The summed E-state index contributed by atoms with van der Waals surface area (Å²) < 4.78 is 12.1.